The Kier molecular flexibility index (Phi) is 4.33. The number of hydrogen-bond acceptors (Lipinski definition) is 5. The Labute approximate surface area is 114 Å². The van der Waals surface area contributed by atoms with Gasteiger partial charge in [0.1, 0.15) is 11.8 Å². The molecule has 0 amide bonds. The molecule has 1 fully saturated rings. The van der Waals surface area contributed by atoms with Crippen LogP contribution in [0.15, 0.2) is 6.07 Å². The summed E-state index contributed by atoms with van der Waals surface area (Å²) in [6, 6.07) is 3.82. The number of anilines is 1. The Bertz CT molecular complexity index is 469. The first-order valence-electron chi connectivity index (χ1n) is 6.74. The van der Waals surface area contributed by atoms with E-state index in [9.17, 15) is 0 Å². The number of nitriles is 1. The molecule has 2 heterocycles. The molecule has 0 saturated carbocycles. The van der Waals surface area contributed by atoms with Crippen LogP contribution in [-0.4, -0.2) is 48.6 Å². The van der Waals surface area contributed by atoms with Crippen LogP contribution in [-0.2, 0) is 0 Å². The van der Waals surface area contributed by atoms with E-state index < -0.39 is 0 Å². The Morgan fingerprint density at radius 1 is 1.37 bits per heavy atom. The SMILES string of the molecule is Cc1cc(C#N)nc(N2CCC(CN(C)C)CC2)n1. The number of hydrogen-bond donors (Lipinski definition) is 0. The Balaban J connectivity index is 2.02. The summed E-state index contributed by atoms with van der Waals surface area (Å²) in [5.41, 5.74) is 1.31. The van der Waals surface area contributed by atoms with Crippen LogP contribution < -0.4 is 4.90 Å². The van der Waals surface area contributed by atoms with Crippen molar-refractivity contribution in [3.8, 4) is 6.07 Å². The first-order chi connectivity index (χ1) is 9.08. The zero-order chi connectivity index (χ0) is 13.8. The molecule has 0 radical (unpaired) electrons. The van der Waals surface area contributed by atoms with Gasteiger partial charge in [-0.3, -0.25) is 0 Å². The smallest absolute Gasteiger partial charge is 0.226 e. The molecule has 1 aromatic rings. The van der Waals surface area contributed by atoms with Gasteiger partial charge in [-0.2, -0.15) is 5.26 Å². The summed E-state index contributed by atoms with van der Waals surface area (Å²) in [7, 11) is 4.24. The molecule has 0 unspecified atom stereocenters. The minimum atomic E-state index is 0.456. The third kappa shape index (κ3) is 3.65. The zero-order valence-electron chi connectivity index (χ0n) is 11.9. The van der Waals surface area contributed by atoms with E-state index in [2.05, 4.69) is 39.9 Å². The quantitative estimate of drug-likeness (QED) is 0.822. The van der Waals surface area contributed by atoms with Gasteiger partial charge in [0, 0.05) is 25.3 Å². The summed E-state index contributed by atoms with van der Waals surface area (Å²) in [6.45, 7) is 5.01. The average Bonchev–Trinajstić information content (AvgIpc) is 2.38. The number of rotatable bonds is 3. The maximum Gasteiger partial charge on any atom is 0.226 e. The van der Waals surface area contributed by atoms with Crippen LogP contribution in [0.5, 0.6) is 0 Å². The van der Waals surface area contributed by atoms with Crippen LogP contribution in [0.25, 0.3) is 0 Å². The van der Waals surface area contributed by atoms with E-state index in [4.69, 9.17) is 5.26 Å². The second kappa shape index (κ2) is 5.98. The van der Waals surface area contributed by atoms with Gasteiger partial charge in [0.15, 0.2) is 0 Å². The maximum absolute atomic E-state index is 8.96. The Morgan fingerprint density at radius 3 is 2.63 bits per heavy atom. The monoisotopic (exact) mass is 259 g/mol. The van der Waals surface area contributed by atoms with Crippen LogP contribution in [0, 0.1) is 24.2 Å². The summed E-state index contributed by atoms with van der Waals surface area (Å²) in [5, 5.41) is 8.96. The van der Waals surface area contributed by atoms with E-state index in [1.165, 1.54) is 0 Å². The minimum Gasteiger partial charge on any atom is -0.341 e. The average molecular weight is 259 g/mol. The molecule has 1 aliphatic heterocycles. The second-order valence-corrected chi connectivity index (χ2v) is 5.50. The molecule has 5 heteroatoms. The van der Waals surface area contributed by atoms with Crippen molar-refractivity contribution in [3.05, 3.63) is 17.5 Å². The lowest BCUT2D eigenvalue weighted by molar-refractivity contribution is 0.284. The molecule has 102 valence electrons. The largest absolute Gasteiger partial charge is 0.341 e. The van der Waals surface area contributed by atoms with Gasteiger partial charge in [-0.1, -0.05) is 0 Å². The second-order valence-electron chi connectivity index (χ2n) is 5.50. The summed E-state index contributed by atoms with van der Waals surface area (Å²) < 4.78 is 0. The standard InChI is InChI=1S/C14H21N5/c1-11-8-13(9-15)17-14(16-11)19-6-4-12(5-7-19)10-18(2)3/h8,12H,4-7,10H2,1-3H3. The Hall–Kier alpha value is -1.67. The lowest BCUT2D eigenvalue weighted by Gasteiger charge is -2.33. The number of piperidine rings is 1. The normalized spacial score (nSPS) is 16.7. The van der Waals surface area contributed by atoms with Crippen LogP contribution in [0.4, 0.5) is 5.95 Å². The lowest BCUT2D eigenvalue weighted by atomic mass is 9.97. The fourth-order valence-electron chi connectivity index (χ4n) is 2.58. The molecule has 0 bridgehead atoms. The van der Waals surface area contributed by atoms with Crippen molar-refractivity contribution >= 4 is 5.95 Å². The fraction of sp³-hybridized carbons (Fsp3) is 0.643. The van der Waals surface area contributed by atoms with Gasteiger partial charge in [0.05, 0.1) is 0 Å². The predicted octanol–water partition coefficient (Wildman–Crippen LogP) is 1.43. The van der Waals surface area contributed by atoms with Crippen molar-refractivity contribution in [1.29, 1.82) is 5.26 Å². The molecule has 5 nitrogen and oxygen atoms in total. The molecule has 1 aromatic heterocycles. The van der Waals surface area contributed by atoms with Crippen molar-refractivity contribution in [3.63, 3.8) is 0 Å². The number of nitrogens with zero attached hydrogens (tertiary/aromatic N) is 5. The summed E-state index contributed by atoms with van der Waals surface area (Å²) in [5.74, 6) is 1.46. The number of aryl methyl sites for hydroxylation is 1. The van der Waals surface area contributed by atoms with Gasteiger partial charge in [-0.15, -0.1) is 0 Å². The van der Waals surface area contributed by atoms with Gasteiger partial charge in [-0.25, -0.2) is 9.97 Å². The highest BCUT2D eigenvalue weighted by Crippen LogP contribution is 2.21. The molecular formula is C14H21N5. The van der Waals surface area contributed by atoms with Gasteiger partial charge in [0.2, 0.25) is 5.95 Å². The Morgan fingerprint density at radius 2 is 2.05 bits per heavy atom. The molecule has 2 rings (SSSR count). The molecule has 0 atom stereocenters. The van der Waals surface area contributed by atoms with E-state index in [0.717, 1.165) is 44.1 Å². The molecular weight excluding hydrogens is 238 g/mol. The third-order valence-corrected chi connectivity index (χ3v) is 3.48. The van der Waals surface area contributed by atoms with Crippen LogP contribution in [0.1, 0.15) is 24.2 Å². The highest BCUT2D eigenvalue weighted by Gasteiger charge is 2.21. The van der Waals surface area contributed by atoms with Gasteiger partial charge < -0.3 is 9.80 Å². The van der Waals surface area contributed by atoms with Gasteiger partial charge in [-0.05, 0) is 45.8 Å². The van der Waals surface area contributed by atoms with E-state index in [1.54, 1.807) is 6.07 Å². The maximum atomic E-state index is 8.96. The van der Waals surface area contributed by atoms with E-state index in [1.807, 2.05) is 6.92 Å². The van der Waals surface area contributed by atoms with Crippen molar-refractivity contribution in [2.45, 2.75) is 19.8 Å². The molecule has 0 spiro atoms. The van der Waals surface area contributed by atoms with E-state index in [-0.39, 0.29) is 0 Å². The van der Waals surface area contributed by atoms with Gasteiger partial charge >= 0.3 is 0 Å². The van der Waals surface area contributed by atoms with Crippen LogP contribution in [0.2, 0.25) is 0 Å². The molecule has 0 aliphatic carbocycles. The predicted molar refractivity (Wildman–Crippen MR) is 75.0 cm³/mol. The van der Waals surface area contributed by atoms with Crippen molar-refractivity contribution < 1.29 is 0 Å². The third-order valence-electron chi connectivity index (χ3n) is 3.48. The van der Waals surface area contributed by atoms with Crippen molar-refractivity contribution in [1.82, 2.24) is 14.9 Å². The first-order valence-corrected chi connectivity index (χ1v) is 6.74. The van der Waals surface area contributed by atoms with E-state index >= 15 is 0 Å². The molecule has 1 saturated heterocycles. The summed E-state index contributed by atoms with van der Waals surface area (Å²) in [6.07, 6.45) is 2.33. The summed E-state index contributed by atoms with van der Waals surface area (Å²) in [4.78, 5) is 13.2. The highest BCUT2D eigenvalue weighted by molar-refractivity contribution is 5.36. The highest BCUT2D eigenvalue weighted by atomic mass is 15.3. The van der Waals surface area contributed by atoms with E-state index in [0.29, 0.717) is 11.6 Å². The van der Waals surface area contributed by atoms with Crippen molar-refractivity contribution in [2.24, 2.45) is 5.92 Å². The van der Waals surface area contributed by atoms with Crippen LogP contribution in [0.3, 0.4) is 0 Å². The zero-order valence-corrected chi connectivity index (χ0v) is 11.9. The molecule has 19 heavy (non-hydrogen) atoms. The molecule has 1 aliphatic rings. The topological polar surface area (TPSA) is 56.1 Å². The van der Waals surface area contributed by atoms with Gasteiger partial charge in [0.25, 0.3) is 0 Å². The minimum absolute atomic E-state index is 0.456. The lowest BCUT2D eigenvalue weighted by Crippen LogP contribution is -2.38. The first kappa shape index (κ1) is 13.8. The fourth-order valence-corrected chi connectivity index (χ4v) is 2.58. The number of aromatic nitrogens is 2. The van der Waals surface area contributed by atoms with Crippen LogP contribution >= 0.6 is 0 Å². The summed E-state index contributed by atoms with van der Waals surface area (Å²) >= 11 is 0. The molecule has 0 aromatic carbocycles. The van der Waals surface area contributed by atoms with Crippen molar-refractivity contribution in [2.75, 3.05) is 38.6 Å². The molecule has 0 N–H and O–H groups in total.